The highest BCUT2D eigenvalue weighted by Gasteiger charge is 2.20. The molecule has 1 fully saturated rings. The number of rotatable bonds is 5. The van der Waals surface area contributed by atoms with Crippen molar-refractivity contribution in [1.29, 1.82) is 0 Å². The van der Waals surface area contributed by atoms with Gasteiger partial charge in [0.25, 0.3) is 5.91 Å². The lowest BCUT2D eigenvalue weighted by atomic mass is 10.1. The highest BCUT2D eigenvalue weighted by atomic mass is 32.1. The lowest BCUT2D eigenvalue weighted by Crippen LogP contribution is -2.48. The monoisotopic (exact) mass is 412 g/mol. The van der Waals surface area contributed by atoms with E-state index in [1.165, 1.54) is 28.0 Å². The molecule has 0 unspecified atom stereocenters. The normalized spacial score (nSPS) is 15.1. The Morgan fingerprint density at radius 2 is 1.93 bits per heavy atom. The first-order valence-electron chi connectivity index (χ1n) is 9.89. The smallest absolute Gasteiger partial charge is 0.254 e. The summed E-state index contributed by atoms with van der Waals surface area (Å²) in [5, 5.41) is 3.90. The van der Waals surface area contributed by atoms with Crippen molar-refractivity contribution < 1.29 is 9.18 Å². The molecule has 1 aliphatic heterocycles. The zero-order valence-corrected chi connectivity index (χ0v) is 17.6. The van der Waals surface area contributed by atoms with E-state index in [4.69, 9.17) is 4.98 Å². The highest BCUT2D eigenvalue weighted by Crippen LogP contribution is 2.32. The molecule has 2 heterocycles. The fourth-order valence-corrected chi connectivity index (χ4v) is 4.80. The molecular formula is C22H25FN4OS. The van der Waals surface area contributed by atoms with Gasteiger partial charge in [-0.3, -0.25) is 9.69 Å². The number of carbonyl (C=O) groups is 1. The molecule has 1 amide bonds. The fourth-order valence-electron chi connectivity index (χ4n) is 3.73. The van der Waals surface area contributed by atoms with Crippen LogP contribution >= 0.6 is 11.3 Å². The molecule has 152 valence electrons. The van der Waals surface area contributed by atoms with Crippen LogP contribution in [0.3, 0.4) is 0 Å². The van der Waals surface area contributed by atoms with Gasteiger partial charge in [0.15, 0.2) is 5.13 Å². The molecule has 2 aromatic carbocycles. The van der Waals surface area contributed by atoms with Crippen LogP contribution in [-0.4, -0.2) is 55.1 Å². The van der Waals surface area contributed by atoms with E-state index < -0.39 is 5.82 Å². The van der Waals surface area contributed by atoms with Crippen LogP contribution in [0.25, 0.3) is 10.2 Å². The number of aryl methyl sites for hydroxylation is 2. The molecular weight excluding hydrogens is 387 g/mol. The van der Waals surface area contributed by atoms with Gasteiger partial charge in [-0.2, -0.15) is 0 Å². The van der Waals surface area contributed by atoms with E-state index in [0.717, 1.165) is 43.4 Å². The second-order valence-corrected chi connectivity index (χ2v) is 8.47. The van der Waals surface area contributed by atoms with Crippen LogP contribution < -0.4 is 10.2 Å². The van der Waals surface area contributed by atoms with E-state index >= 15 is 0 Å². The Morgan fingerprint density at radius 1 is 1.17 bits per heavy atom. The van der Waals surface area contributed by atoms with Crippen molar-refractivity contribution >= 4 is 32.6 Å². The van der Waals surface area contributed by atoms with Crippen molar-refractivity contribution in [2.75, 3.05) is 44.2 Å². The number of hydrogen-bond acceptors (Lipinski definition) is 5. The van der Waals surface area contributed by atoms with Gasteiger partial charge in [-0.05, 0) is 43.2 Å². The molecule has 1 aromatic heterocycles. The number of thiazole rings is 1. The predicted molar refractivity (Wildman–Crippen MR) is 116 cm³/mol. The zero-order valence-electron chi connectivity index (χ0n) is 16.7. The van der Waals surface area contributed by atoms with Gasteiger partial charge in [0.05, 0.1) is 15.8 Å². The van der Waals surface area contributed by atoms with Crippen LogP contribution in [0.15, 0.2) is 36.4 Å². The number of halogens is 1. The summed E-state index contributed by atoms with van der Waals surface area (Å²) in [6.07, 6.45) is 0. The third-order valence-electron chi connectivity index (χ3n) is 5.28. The molecule has 0 bridgehead atoms. The molecule has 1 aliphatic rings. The minimum Gasteiger partial charge on any atom is -0.351 e. The summed E-state index contributed by atoms with van der Waals surface area (Å²) in [6.45, 7) is 9.18. The summed E-state index contributed by atoms with van der Waals surface area (Å²) in [5.41, 5.74) is 3.71. The molecule has 0 aliphatic carbocycles. The van der Waals surface area contributed by atoms with Crippen LogP contribution in [0, 0.1) is 19.7 Å². The number of piperazine rings is 1. The molecule has 0 atom stereocenters. The van der Waals surface area contributed by atoms with Crippen LogP contribution in [0.4, 0.5) is 9.52 Å². The van der Waals surface area contributed by atoms with Crippen molar-refractivity contribution in [1.82, 2.24) is 15.2 Å². The molecule has 4 rings (SSSR count). The maximum absolute atomic E-state index is 13.7. The third-order valence-corrected chi connectivity index (χ3v) is 6.55. The summed E-state index contributed by atoms with van der Waals surface area (Å²) in [5.74, 6) is -0.846. The number of hydrogen-bond donors (Lipinski definition) is 1. The first kappa shape index (κ1) is 19.8. The standard InChI is InChI=1S/C22H25FN4OS/c1-15-13-16(2)20-19(14-15)25-22(29-20)27-11-9-26(10-12-27)8-7-24-21(28)17-5-3-4-6-18(17)23/h3-6,13-14H,7-12H2,1-2H3,(H,24,28). The van der Waals surface area contributed by atoms with E-state index in [2.05, 4.69) is 41.1 Å². The van der Waals surface area contributed by atoms with Crippen LogP contribution in [-0.2, 0) is 0 Å². The lowest BCUT2D eigenvalue weighted by Gasteiger charge is -2.34. The topological polar surface area (TPSA) is 48.5 Å². The van der Waals surface area contributed by atoms with Crippen molar-refractivity contribution in [2.24, 2.45) is 0 Å². The van der Waals surface area contributed by atoms with E-state index in [-0.39, 0.29) is 11.5 Å². The largest absolute Gasteiger partial charge is 0.351 e. The quantitative estimate of drug-likeness (QED) is 0.696. The fraction of sp³-hybridized carbons (Fsp3) is 0.364. The van der Waals surface area contributed by atoms with Gasteiger partial charge in [0.2, 0.25) is 0 Å². The molecule has 7 heteroatoms. The SMILES string of the molecule is Cc1cc(C)c2sc(N3CCN(CCNC(=O)c4ccccc4F)CC3)nc2c1. The zero-order chi connectivity index (χ0) is 20.4. The second kappa shape index (κ2) is 8.47. The first-order chi connectivity index (χ1) is 14.0. The van der Waals surface area contributed by atoms with Gasteiger partial charge in [-0.1, -0.05) is 29.5 Å². The molecule has 1 saturated heterocycles. The number of anilines is 1. The van der Waals surface area contributed by atoms with Gasteiger partial charge >= 0.3 is 0 Å². The number of nitrogens with zero attached hydrogens (tertiary/aromatic N) is 3. The van der Waals surface area contributed by atoms with Gasteiger partial charge in [0, 0.05) is 39.3 Å². The van der Waals surface area contributed by atoms with Gasteiger partial charge in [-0.25, -0.2) is 9.37 Å². The summed E-state index contributed by atoms with van der Waals surface area (Å²) in [4.78, 5) is 21.6. The predicted octanol–water partition coefficient (Wildman–Crippen LogP) is 3.60. The molecule has 0 saturated carbocycles. The molecule has 29 heavy (non-hydrogen) atoms. The Kier molecular flexibility index (Phi) is 5.78. The summed E-state index contributed by atoms with van der Waals surface area (Å²) in [6, 6.07) is 10.4. The van der Waals surface area contributed by atoms with Gasteiger partial charge in [0.1, 0.15) is 5.82 Å². The number of benzene rings is 2. The summed E-state index contributed by atoms with van der Waals surface area (Å²) in [7, 11) is 0. The maximum atomic E-state index is 13.7. The minimum absolute atomic E-state index is 0.0960. The van der Waals surface area contributed by atoms with E-state index in [0.29, 0.717) is 6.54 Å². The Labute approximate surface area is 174 Å². The van der Waals surface area contributed by atoms with Crippen molar-refractivity contribution in [3.8, 4) is 0 Å². The number of amides is 1. The van der Waals surface area contributed by atoms with E-state index in [1.807, 2.05) is 0 Å². The maximum Gasteiger partial charge on any atom is 0.254 e. The number of fused-ring (bicyclic) bond motifs is 1. The summed E-state index contributed by atoms with van der Waals surface area (Å²) >= 11 is 1.76. The first-order valence-corrected chi connectivity index (χ1v) is 10.7. The molecule has 0 radical (unpaired) electrons. The van der Waals surface area contributed by atoms with Crippen LogP contribution in [0.5, 0.6) is 0 Å². The lowest BCUT2D eigenvalue weighted by molar-refractivity contribution is 0.0943. The van der Waals surface area contributed by atoms with Crippen LogP contribution in [0.1, 0.15) is 21.5 Å². The average molecular weight is 413 g/mol. The highest BCUT2D eigenvalue weighted by molar-refractivity contribution is 7.22. The van der Waals surface area contributed by atoms with Gasteiger partial charge < -0.3 is 10.2 Å². The van der Waals surface area contributed by atoms with Gasteiger partial charge in [-0.15, -0.1) is 0 Å². The summed E-state index contributed by atoms with van der Waals surface area (Å²) < 4.78 is 14.9. The Bertz CT molecular complexity index is 1030. The Hall–Kier alpha value is -2.51. The number of aromatic nitrogens is 1. The van der Waals surface area contributed by atoms with E-state index in [1.54, 1.807) is 23.5 Å². The third kappa shape index (κ3) is 4.41. The Balaban J connectivity index is 1.28. The van der Waals surface area contributed by atoms with Crippen LogP contribution in [0.2, 0.25) is 0 Å². The average Bonchev–Trinajstić information content (AvgIpc) is 3.13. The molecule has 0 spiro atoms. The molecule has 1 N–H and O–H groups in total. The molecule has 5 nitrogen and oxygen atoms in total. The molecule has 3 aromatic rings. The van der Waals surface area contributed by atoms with Crippen molar-refractivity contribution in [3.05, 3.63) is 58.9 Å². The Morgan fingerprint density at radius 3 is 2.69 bits per heavy atom. The van der Waals surface area contributed by atoms with E-state index in [9.17, 15) is 9.18 Å². The minimum atomic E-state index is -0.486. The number of nitrogens with one attached hydrogen (secondary N) is 1. The number of carbonyl (C=O) groups excluding carboxylic acids is 1. The second-order valence-electron chi connectivity index (χ2n) is 7.49. The van der Waals surface area contributed by atoms with Crippen molar-refractivity contribution in [2.45, 2.75) is 13.8 Å². The van der Waals surface area contributed by atoms with Crippen molar-refractivity contribution in [3.63, 3.8) is 0 Å².